The second-order valence-electron chi connectivity index (χ2n) is 10.8. The van der Waals surface area contributed by atoms with Gasteiger partial charge in [0.25, 0.3) is 5.91 Å². The molecule has 0 saturated carbocycles. The second-order valence-corrected chi connectivity index (χ2v) is 11.8. The molecule has 0 atom stereocenters. The maximum atomic E-state index is 12.9. The van der Waals surface area contributed by atoms with E-state index in [1.54, 1.807) is 0 Å². The summed E-state index contributed by atoms with van der Waals surface area (Å²) in [5.41, 5.74) is 5.41. The number of thioether (sulfide) groups is 1. The zero-order valence-electron chi connectivity index (χ0n) is 24.4. The number of hydrogen-bond acceptors (Lipinski definition) is 6. The highest BCUT2D eigenvalue weighted by atomic mass is 32.2. The number of ether oxygens (including phenoxy) is 1. The average molecular weight is 572 g/mol. The topological polar surface area (TPSA) is 98.1 Å². The normalized spacial score (nSPS) is 11.3. The van der Waals surface area contributed by atoms with Crippen molar-refractivity contribution < 1.29 is 14.3 Å². The van der Waals surface area contributed by atoms with Crippen LogP contribution >= 0.6 is 11.8 Å². The molecule has 0 saturated heterocycles. The molecular formula is C32H37N5O3S. The highest BCUT2D eigenvalue weighted by Gasteiger charge is 2.19. The average Bonchev–Trinajstić information content (AvgIpc) is 3.35. The molecule has 0 unspecified atom stereocenters. The van der Waals surface area contributed by atoms with Crippen molar-refractivity contribution in [2.24, 2.45) is 0 Å². The van der Waals surface area contributed by atoms with Crippen molar-refractivity contribution in [1.82, 2.24) is 20.1 Å². The summed E-state index contributed by atoms with van der Waals surface area (Å²) in [4.78, 5) is 25.8. The Hall–Kier alpha value is -4.11. The first-order valence-corrected chi connectivity index (χ1v) is 14.6. The molecule has 1 heterocycles. The lowest BCUT2D eigenvalue weighted by atomic mass is 9.87. The fourth-order valence-corrected chi connectivity index (χ4v) is 4.97. The molecule has 0 fully saturated rings. The van der Waals surface area contributed by atoms with Crippen LogP contribution in [0.25, 0.3) is 5.69 Å². The summed E-state index contributed by atoms with van der Waals surface area (Å²) >= 11 is 1.28. The third-order valence-electron chi connectivity index (χ3n) is 6.53. The van der Waals surface area contributed by atoms with Crippen molar-refractivity contribution in [2.45, 2.75) is 58.7 Å². The molecule has 0 aliphatic heterocycles. The Balaban J connectivity index is 1.51. The molecule has 1 aromatic heterocycles. The second kappa shape index (κ2) is 13.0. The molecule has 0 aliphatic carbocycles. The lowest BCUT2D eigenvalue weighted by Gasteiger charge is -2.19. The fraction of sp³-hybridized carbons (Fsp3) is 0.312. The lowest BCUT2D eigenvalue weighted by Crippen LogP contribution is -2.25. The van der Waals surface area contributed by atoms with Crippen LogP contribution in [0.2, 0.25) is 0 Å². The number of carbonyl (C=O) groups excluding carboxylic acids is 2. The van der Waals surface area contributed by atoms with Gasteiger partial charge in [0.15, 0.2) is 11.0 Å². The van der Waals surface area contributed by atoms with E-state index >= 15 is 0 Å². The van der Waals surface area contributed by atoms with Crippen LogP contribution in [0.1, 0.15) is 60.6 Å². The molecular weight excluding hydrogens is 534 g/mol. The lowest BCUT2D eigenvalue weighted by molar-refractivity contribution is -0.113. The number of aryl methyl sites for hydroxylation is 2. The number of rotatable bonds is 10. The van der Waals surface area contributed by atoms with E-state index in [1.165, 1.54) is 11.8 Å². The number of carbonyl (C=O) groups is 2. The number of benzene rings is 3. The maximum Gasteiger partial charge on any atom is 0.251 e. The Kier molecular flexibility index (Phi) is 9.50. The van der Waals surface area contributed by atoms with Crippen molar-refractivity contribution in [2.75, 3.05) is 17.7 Å². The van der Waals surface area contributed by atoms with Gasteiger partial charge in [-0.05, 0) is 85.3 Å². The Morgan fingerprint density at radius 2 is 1.66 bits per heavy atom. The van der Waals surface area contributed by atoms with Crippen LogP contribution in [0.5, 0.6) is 5.75 Å². The van der Waals surface area contributed by atoms with E-state index in [4.69, 9.17) is 4.74 Å². The molecule has 0 radical (unpaired) electrons. The van der Waals surface area contributed by atoms with Gasteiger partial charge in [0.2, 0.25) is 5.91 Å². The standard InChI is InChI=1S/C32H37N5O3S/c1-7-40-26-16-14-25(15-17-26)37-28(19-33-30(39)23-10-12-24(13-11-23)32(4,5)6)35-36-31(37)41-20-29(38)34-27-18-21(2)8-9-22(27)3/h8-18H,7,19-20H2,1-6H3,(H,33,39)(H,34,38). The molecule has 214 valence electrons. The van der Waals surface area contributed by atoms with Crippen molar-refractivity contribution in [1.29, 1.82) is 0 Å². The van der Waals surface area contributed by atoms with E-state index in [-0.39, 0.29) is 29.5 Å². The first-order valence-electron chi connectivity index (χ1n) is 13.6. The Morgan fingerprint density at radius 1 is 0.951 bits per heavy atom. The van der Waals surface area contributed by atoms with Gasteiger partial charge in [-0.1, -0.05) is 56.8 Å². The zero-order chi connectivity index (χ0) is 29.6. The third-order valence-corrected chi connectivity index (χ3v) is 7.45. The molecule has 2 N–H and O–H groups in total. The van der Waals surface area contributed by atoms with Crippen molar-refractivity contribution >= 4 is 29.3 Å². The molecule has 3 aromatic carbocycles. The summed E-state index contributed by atoms with van der Waals surface area (Å²) in [6.07, 6.45) is 0. The Morgan fingerprint density at radius 3 is 2.32 bits per heavy atom. The van der Waals surface area contributed by atoms with E-state index in [9.17, 15) is 9.59 Å². The van der Waals surface area contributed by atoms with Gasteiger partial charge in [0, 0.05) is 16.9 Å². The number of nitrogens with one attached hydrogen (secondary N) is 2. The summed E-state index contributed by atoms with van der Waals surface area (Å²) in [5.74, 6) is 1.10. The summed E-state index contributed by atoms with van der Waals surface area (Å²) < 4.78 is 7.45. The monoisotopic (exact) mass is 571 g/mol. The van der Waals surface area contributed by atoms with Crippen LogP contribution in [-0.4, -0.2) is 38.9 Å². The molecule has 0 spiro atoms. The van der Waals surface area contributed by atoms with Crippen LogP contribution in [0.3, 0.4) is 0 Å². The van der Waals surface area contributed by atoms with Gasteiger partial charge in [0.1, 0.15) is 5.75 Å². The molecule has 8 nitrogen and oxygen atoms in total. The molecule has 0 bridgehead atoms. The minimum absolute atomic E-state index is 0.00693. The van der Waals surface area contributed by atoms with Crippen molar-refractivity contribution in [3.05, 3.63) is 94.8 Å². The quantitative estimate of drug-likeness (QED) is 0.219. The van der Waals surface area contributed by atoms with Crippen LogP contribution in [0, 0.1) is 13.8 Å². The molecule has 2 amide bonds. The van der Waals surface area contributed by atoms with Crippen molar-refractivity contribution in [3.63, 3.8) is 0 Å². The van der Waals surface area contributed by atoms with Crippen LogP contribution in [-0.2, 0) is 16.8 Å². The largest absolute Gasteiger partial charge is 0.494 e. The number of amides is 2. The molecule has 4 aromatic rings. The Bertz CT molecular complexity index is 1510. The first-order chi connectivity index (χ1) is 19.5. The van der Waals surface area contributed by atoms with Crippen LogP contribution < -0.4 is 15.4 Å². The molecule has 41 heavy (non-hydrogen) atoms. The van der Waals surface area contributed by atoms with Gasteiger partial charge in [-0.3, -0.25) is 14.2 Å². The highest BCUT2D eigenvalue weighted by Crippen LogP contribution is 2.25. The van der Waals surface area contributed by atoms with Gasteiger partial charge in [-0.2, -0.15) is 0 Å². The molecule has 9 heteroatoms. The predicted molar refractivity (Wildman–Crippen MR) is 164 cm³/mol. The zero-order valence-corrected chi connectivity index (χ0v) is 25.3. The first kappa shape index (κ1) is 29.9. The predicted octanol–water partition coefficient (Wildman–Crippen LogP) is 6.24. The van der Waals surface area contributed by atoms with E-state index in [1.807, 2.05) is 92.1 Å². The van der Waals surface area contributed by atoms with Gasteiger partial charge < -0.3 is 15.4 Å². The van der Waals surface area contributed by atoms with Crippen LogP contribution in [0.15, 0.2) is 71.9 Å². The smallest absolute Gasteiger partial charge is 0.251 e. The Labute approximate surface area is 245 Å². The van der Waals surface area contributed by atoms with Gasteiger partial charge in [0.05, 0.1) is 18.9 Å². The summed E-state index contributed by atoms with van der Waals surface area (Å²) in [6, 6.07) is 21.2. The van der Waals surface area contributed by atoms with Gasteiger partial charge >= 0.3 is 0 Å². The minimum atomic E-state index is -0.200. The number of hydrogen-bond donors (Lipinski definition) is 2. The highest BCUT2D eigenvalue weighted by molar-refractivity contribution is 7.99. The number of aromatic nitrogens is 3. The summed E-state index contributed by atoms with van der Waals surface area (Å²) in [7, 11) is 0. The van der Waals surface area contributed by atoms with Gasteiger partial charge in [-0.15, -0.1) is 10.2 Å². The third kappa shape index (κ3) is 7.76. The maximum absolute atomic E-state index is 12.9. The molecule has 4 rings (SSSR count). The van der Waals surface area contributed by atoms with E-state index in [2.05, 4.69) is 41.6 Å². The van der Waals surface area contributed by atoms with Gasteiger partial charge in [-0.25, -0.2) is 0 Å². The fourth-order valence-electron chi connectivity index (χ4n) is 4.20. The van der Waals surface area contributed by atoms with E-state index < -0.39 is 0 Å². The molecule has 0 aliphatic rings. The van der Waals surface area contributed by atoms with E-state index in [0.717, 1.165) is 33.8 Å². The number of nitrogens with zero attached hydrogens (tertiary/aromatic N) is 3. The minimum Gasteiger partial charge on any atom is -0.494 e. The van der Waals surface area contributed by atoms with Crippen LogP contribution in [0.4, 0.5) is 5.69 Å². The SMILES string of the molecule is CCOc1ccc(-n2c(CNC(=O)c3ccc(C(C)(C)C)cc3)nnc2SCC(=O)Nc2cc(C)ccc2C)cc1. The van der Waals surface area contributed by atoms with Crippen molar-refractivity contribution in [3.8, 4) is 11.4 Å². The number of anilines is 1. The van der Waals surface area contributed by atoms with E-state index in [0.29, 0.717) is 23.2 Å². The summed E-state index contributed by atoms with van der Waals surface area (Å²) in [6.45, 7) is 13.0. The summed E-state index contributed by atoms with van der Waals surface area (Å²) in [5, 5.41) is 15.2.